The number of likely N-dealkylation sites (N-methyl/N-ethyl adjacent to an activating group) is 2. The predicted octanol–water partition coefficient (Wildman–Crippen LogP) is 2.00. The van der Waals surface area contributed by atoms with E-state index in [4.69, 9.17) is 4.74 Å². The summed E-state index contributed by atoms with van der Waals surface area (Å²) in [4.78, 5) is 43.9. The second-order valence-corrected chi connectivity index (χ2v) is 8.09. The molecule has 0 saturated heterocycles. The first-order valence-electron chi connectivity index (χ1n) is 9.00. The van der Waals surface area contributed by atoms with Gasteiger partial charge in [0.15, 0.2) is 0 Å². The lowest BCUT2D eigenvalue weighted by atomic mass is 10.0. The third kappa shape index (κ3) is 2.93. The Hall–Kier alpha value is -2.87. The van der Waals surface area contributed by atoms with Crippen LogP contribution in [-0.2, 0) is 17.8 Å². The Kier molecular flexibility index (Phi) is 4.58. The fraction of sp³-hybridized carbons (Fsp3) is 0.350. The molecule has 2 aliphatic heterocycles. The van der Waals surface area contributed by atoms with Crippen molar-refractivity contribution in [2.24, 2.45) is 0 Å². The van der Waals surface area contributed by atoms with E-state index in [0.29, 0.717) is 41.4 Å². The van der Waals surface area contributed by atoms with Crippen molar-refractivity contribution >= 4 is 34.1 Å². The van der Waals surface area contributed by atoms with Crippen molar-refractivity contribution in [1.29, 1.82) is 0 Å². The molecule has 0 bridgehead atoms. The summed E-state index contributed by atoms with van der Waals surface area (Å²) < 4.78 is 5.21. The van der Waals surface area contributed by atoms with E-state index in [1.54, 1.807) is 55.3 Å². The zero-order chi connectivity index (χ0) is 20.0. The van der Waals surface area contributed by atoms with Crippen LogP contribution >= 0.6 is 11.3 Å². The van der Waals surface area contributed by atoms with Crippen LogP contribution in [0.5, 0.6) is 5.75 Å². The lowest BCUT2D eigenvalue weighted by Gasteiger charge is -2.27. The van der Waals surface area contributed by atoms with E-state index in [9.17, 15) is 14.4 Å². The summed E-state index contributed by atoms with van der Waals surface area (Å²) in [6.07, 6.45) is 0.596. The molecule has 0 unspecified atom stereocenters. The minimum Gasteiger partial charge on any atom is -0.497 e. The molecule has 8 heteroatoms. The van der Waals surface area contributed by atoms with Gasteiger partial charge in [0.1, 0.15) is 17.3 Å². The second-order valence-electron chi connectivity index (χ2n) is 7.01. The van der Waals surface area contributed by atoms with Crippen LogP contribution in [0.25, 0.3) is 0 Å². The highest BCUT2D eigenvalue weighted by Gasteiger charge is 2.36. The van der Waals surface area contributed by atoms with Gasteiger partial charge in [-0.1, -0.05) is 6.07 Å². The van der Waals surface area contributed by atoms with Gasteiger partial charge in [-0.05, 0) is 30.2 Å². The largest absolute Gasteiger partial charge is 0.497 e. The highest BCUT2D eigenvalue weighted by molar-refractivity contribution is 7.17. The van der Waals surface area contributed by atoms with Gasteiger partial charge in [-0.2, -0.15) is 0 Å². The lowest BCUT2D eigenvalue weighted by molar-refractivity contribution is -0.118. The standard InChI is InChI=1S/C20H21N3O4S/c1-21-11-16(24)22(2)20-17(19(21)26)14-7-8-23(10-15(14)28-20)18(25)12-5-4-6-13(9-12)27-3/h4-6,9H,7-8,10-11H2,1-3H3. The molecule has 4 rings (SSSR count). The maximum atomic E-state index is 12.9. The van der Waals surface area contributed by atoms with Crippen molar-refractivity contribution in [1.82, 2.24) is 9.80 Å². The number of amides is 3. The average Bonchev–Trinajstić information content (AvgIpc) is 3.07. The summed E-state index contributed by atoms with van der Waals surface area (Å²) >= 11 is 1.43. The Morgan fingerprint density at radius 2 is 1.96 bits per heavy atom. The number of fused-ring (bicyclic) bond motifs is 3. The molecule has 3 amide bonds. The second kappa shape index (κ2) is 6.94. The minimum atomic E-state index is -0.127. The summed E-state index contributed by atoms with van der Waals surface area (Å²) in [5, 5.41) is 0.681. The Morgan fingerprint density at radius 1 is 1.18 bits per heavy atom. The van der Waals surface area contributed by atoms with E-state index < -0.39 is 0 Å². The van der Waals surface area contributed by atoms with Crippen LogP contribution in [0.1, 0.15) is 31.2 Å². The number of thiophene rings is 1. The van der Waals surface area contributed by atoms with E-state index in [0.717, 1.165) is 10.4 Å². The molecule has 3 heterocycles. The number of ether oxygens (including phenoxy) is 1. The Bertz CT molecular complexity index is 984. The van der Waals surface area contributed by atoms with Crippen LogP contribution < -0.4 is 9.64 Å². The molecule has 0 saturated carbocycles. The minimum absolute atomic E-state index is 0.0685. The van der Waals surface area contributed by atoms with Gasteiger partial charge >= 0.3 is 0 Å². The first-order chi connectivity index (χ1) is 13.4. The van der Waals surface area contributed by atoms with Gasteiger partial charge in [0.05, 0.1) is 19.2 Å². The van der Waals surface area contributed by atoms with Crippen molar-refractivity contribution in [2.45, 2.75) is 13.0 Å². The van der Waals surface area contributed by atoms with Crippen LogP contribution in [0.4, 0.5) is 5.00 Å². The van der Waals surface area contributed by atoms with E-state index in [-0.39, 0.29) is 24.3 Å². The topological polar surface area (TPSA) is 70.2 Å². The molecule has 7 nitrogen and oxygen atoms in total. The summed E-state index contributed by atoms with van der Waals surface area (Å²) in [6.45, 7) is 1.04. The van der Waals surface area contributed by atoms with Crippen LogP contribution in [0.15, 0.2) is 24.3 Å². The molecule has 0 aliphatic carbocycles. The number of carbonyl (C=O) groups excluding carboxylic acids is 3. The number of hydrogen-bond acceptors (Lipinski definition) is 5. The lowest BCUT2D eigenvalue weighted by Crippen LogP contribution is -2.37. The maximum Gasteiger partial charge on any atom is 0.257 e. The van der Waals surface area contributed by atoms with Crippen molar-refractivity contribution in [3.05, 3.63) is 45.8 Å². The molecule has 0 spiro atoms. The number of nitrogens with zero attached hydrogens (tertiary/aromatic N) is 3. The zero-order valence-electron chi connectivity index (χ0n) is 16.0. The Balaban J connectivity index is 1.66. The number of carbonyl (C=O) groups is 3. The first kappa shape index (κ1) is 18.5. The van der Waals surface area contributed by atoms with Gasteiger partial charge in [-0.3, -0.25) is 14.4 Å². The van der Waals surface area contributed by atoms with E-state index in [1.807, 2.05) is 0 Å². The molecule has 0 fully saturated rings. The highest BCUT2D eigenvalue weighted by Crippen LogP contribution is 2.41. The molecule has 146 valence electrons. The highest BCUT2D eigenvalue weighted by atomic mass is 32.1. The van der Waals surface area contributed by atoms with Gasteiger partial charge in [0.2, 0.25) is 5.91 Å². The molecule has 0 radical (unpaired) electrons. The monoisotopic (exact) mass is 399 g/mol. The zero-order valence-corrected chi connectivity index (χ0v) is 16.8. The molecule has 2 aliphatic rings. The summed E-state index contributed by atoms with van der Waals surface area (Å²) in [5.74, 6) is 0.330. The first-order valence-corrected chi connectivity index (χ1v) is 9.82. The molecule has 0 N–H and O–H groups in total. The quantitative estimate of drug-likeness (QED) is 0.775. The molecule has 1 aromatic heterocycles. The SMILES string of the molecule is COc1cccc(C(=O)N2CCc3c(sc4c3C(=O)N(C)CC(=O)N4C)C2)c1. The Labute approximate surface area is 167 Å². The van der Waals surface area contributed by atoms with Crippen molar-refractivity contribution in [3.8, 4) is 5.75 Å². The van der Waals surface area contributed by atoms with E-state index >= 15 is 0 Å². The van der Waals surface area contributed by atoms with E-state index in [2.05, 4.69) is 0 Å². The van der Waals surface area contributed by atoms with Crippen LogP contribution in [0.2, 0.25) is 0 Å². The summed E-state index contributed by atoms with van der Waals surface area (Å²) in [5.41, 5.74) is 2.15. The molecule has 28 heavy (non-hydrogen) atoms. The number of anilines is 1. The fourth-order valence-electron chi connectivity index (χ4n) is 3.64. The van der Waals surface area contributed by atoms with Gasteiger partial charge < -0.3 is 19.4 Å². The maximum absolute atomic E-state index is 12.9. The normalized spacial score (nSPS) is 16.6. The fourth-order valence-corrected chi connectivity index (χ4v) is 4.98. The van der Waals surface area contributed by atoms with E-state index in [1.165, 1.54) is 16.2 Å². The Morgan fingerprint density at radius 3 is 2.71 bits per heavy atom. The third-order valence-corrected chi connectivity index (χ3v) is 6.55. The number of benzene rings is 1. The molecule has 0 atom stereocenters. The number of methoxy groups -OCH3 is 1. The summed E-state index contributed by atoms with van der Waals surface area (Å²) in [7, 11) is 4.92. The van der Waals surface area contributed by atoms with Crippen LogP contribution in [-0.4, -0.2) is 61.8 Å². The van der Waals surface area contributed by atoms with Crippen molar-refractivity contribution < 1.29 is 19.1 Å². The molecular weight excluding hydrogens is 378 g/mol. The molecule has 2 aromatic rings. The van der Waals surface area contributed by atoms with Crippen molar-refractivity contribution in [2.75, 3.05) is 39.2 Å². The molecular formula is C20H21N3O4S. The average molecular weight is 399 g/mol. The smallest absolute Gasteiger partial charge is 0.257 e. The predicted molar refractivity (Wildman–Crippen MR) is 106 cm³/mol. The van der Waals surface area contributed by atoms with Crippen LogP contribution in [0.3, 0.4) is 0 Å². The van der Waals surface area contributed by atoms with Crippen LogP contribution in [0, 0.1) is 0 Å². The van der Waals surface area contributed by atoms with Gasteiger partial charge in [0.25, 0.3) is 11.8 Å². The number of rotatable bonds is 2. The number of hydrogen-bond donors (Lipinski definition) is 0. The van der Waals surface area contributed by atoms with Gasteiger partial charge in [-0.15, -0.1) is 11.3 Å². The summed E-state index contributed by atoms with van der Waals surface area (Å²) in [6, 6.07) is 7.10. The van der Waals surface area contributed by atoms with Gasteiger partial charge in [0, 0.05) is 31.1 Å². The van der Waals surface area contributed by atoms with Crippen molar-refractivity contribution in [3.63, 3.8) is 0 Å². The molecule has 1 aromatic carbocycles. The third-order valence-electron chi connectivity index (χ3n) is 5.25. The van der Waals surface area contributed by atoms with Gasteiger partial charge in [-0.25, -0.2) is 0 Å².